The average molecular weight is 252 g/mol. The van der Waals surface area contributed by atoms with Crippen LogP contribution in [-0.2, 0) is 0 Å². The molecule has 0 radical (unpaired) electrons. The van der Waals surface area contributed by atoms with Crippen LogP contribution in [0.15, 0.2) is 50.2 Å². The first-order valence-corrected chi connectivity index (χ1v) is 4.77. The van der Waals surface area contributed by atoms with Gasteiger partial charge in [0.25, 0.3) is 0 Å². The van der Waals surface area contributed by atoms with Gasteiger partial charge in [-0.3, -0.25) is 0 Å². The number of rotatable bonds is 1. The highest BCUT2D eigenvalue weighted by molar-refractivity contribution is 9.10. The van der Waals surface area contributed by atoms with Crippen LogP contribution in [0.25, 0.3) is 11.5 Å². The van der Waals surface area contributed by atoms with Crippen molar-refractivity contribution < 1.29 is 4.42 Å². The lowest BCUT2D eigenvalue weighted by molar-refractivity contribution is 0.507. The summed E-state index contributed by atoms with van der Waals surface area (Å²) in [6.07, 6.45) is 1.43. The van der Waals surface area contributed by atoms with E-state index in [0.29, 0.717) is 5.89 Å². The van der Waals surface area contributed by atoms with Gasteiger partial charge in [0.2, 0.25) is 5.89 Å². The molecule has 0 aliphatic heterocycles. The second-order valence-electron chi connectivity index (χ2n) is 2.68. The summed E-state index contributed by atoms with van der Waals surface area (Å²) in [6, 6.07) is 8.67. The highest BCUT2D eigenvalue weighted by atomic mass is 79.9. The van der Waals surface area contributed by atoms with Gasteiger partial charge in [0.15, 0.2) is 0 Å². The topological polar surface area (TPSA) is 43.1 Å². The monoisotopic (exact) mass is 251 g/mol. The molecule has 0 amide bonds. The lowest BCUT2D eigenvalue weighted by Gasteiger charge is -1.97. The fraction of sp³-hybridized carbons (Fsp3) is 0. The minimum atomic E-state index is -0.391. The second-order valence-corrected chi connectivity index (χ2v) is 3.59. The Balaban J connectivity index is 2.50. The summed E-state index contributed by atoms with van der Waals surface area (Å²) in [5.41, 5.74) is 0.392. The van der Waals surface area contributed by atoms with E-state index in [1.54, 1.807) is 0 Å². The molecule has 0 unspecified atom stereocenters. The van der Waals surface area contributed by atoms with E-state index >= 15 is 0 Å². The maximum atomic E-state index is 10.9. The zero-order chi connectivity index (χ0) is 9.97. The molecule has 14 heavy (non-hydrogen) atoms. The van der Waals surface area contributed by atoms with E-state index in [2.05, 4.69) is 20.9 Å². The normalized spacial score (nSPS) is 10.1. The Bertz CT molecular complexity index is 490. The Hall–Kier alpha value is -1.42. The van der Waals surface area contributed by atoms with Crippen LogP contribution in [0.3, 0.4) is 0 Å². The molecule has 0 fully saturated rings. The van der Waals surface area contributed by atoms with Gasteiger partial charge in [-0.05, 0) is 24.3 Å². The Kier molecular flexibility index (Phi) is 2.45. The maximum absolute atomic E-state index is 10.9. The Morgan fingerprint density at radius 3 is 2.50 bits per heavy atom. The highest BCUT2D eigenvalue weighted by Crippen LogP contribution is 2.18. The van der Waals surface area contributed by atoms with Crippen molar-refractivity contribution in [2.45, 2.75) is 0 Å². The molecule has 0 saturated carbocycles. The zero-order valence-corrected chi connectivity index (χ0v) is 8.69. The number of halogens is 1. The lowest BCUT2D eigenvalue weighted by atomic mass is 10.2. The first kappa shape index (κ1) is 9.15. The minimum Gasteiger partial charge on any atom is -0.404 e. The molecule has 1 aromatic carbocycles. The fourth-order valence-corrected chi connectivity index (χ4v) is 1.31. The molecule has 70 valence electrons. The predicted molar refractivity (Wildman–Crippen MR) is 55.9 cm³/mol. The molecule has 0 aliphatic carbocycles. The van der Waals surface area contributed by atoms with Crippen LogP contribution < -0.4 is 5.63 Å². The zero-order valence-electron chi connectivity index (χ0n) is 7.11. The molecule has 1 aromatic heterocycles. The largest absolute Gasteiger partial charge is 0.404 e. The van der Waals surface area contributed by atoms with Crippen molar-refractivity contribution in [3.8, 4) is 11.5 Å². The third-order valence-corrected chi connectivity index (χ3v) is 2.22. The third kappa shape index (κ3) is 1.90. The van der Waals surface area contributed by atoms with E-state index in [4.69, 9.17) is 4.42 Å². The van der Waals surface area contributed by atoms with Crippen molar-refractivity contribution in [3.05, 3.63) is 51.4 Å². The fourth-order valence-electron chi connectivity index (χ4n) is 1.05. The van der Waals surface area contributed by atoms with E-state index in [9.17, 15) is 4.79 Å². The van der Waals surface area contributed by atoms with E-state index in [0.717, 1.165) is 10.0 Å². The Labute approximate surface area is 88.5 Å². The minimum absolute atomic E-state index is 0.338. The first-order valence-electron chi connectivity index (χ1n) is 3.98. The molecule has 2 rings (SSSR count). The molecule has 2 aromatic rings. The average Bonchev–Trinajstić information content (AvgIpc) is 2.19. The number of hydrogen-bond acceptors (Lipinski definition) is 3. The molecule has 0 saturated heterocycles. The van der Waals surface area contributed by atoms with Gasteiger partial charge in [0.05, 0.1) is 0 Å². The van der Waals surface area contributed by atoms with Gasteiger partial charge in [0, 0.05) is 22.3 Å². The maximum Gasteiger partial charge on any atom is 0.339 e. The quantitative estimate of drug-likeness (QED) is 0.782. The van der Waals surface area contributed by atoms with Crippen molar-refractivity contribution in [3.63, 3.8) is 0 Å². The van der Waals surface area contributed by atoms with E-state index in [-0.39, 0.29) is 0 Å². The summed E-state index contributed by atoms with van der Waals surface area (Å²) in [6.45, 7) is 0. The van der Waals surface area contributed by atoms with E-state index < -0.39 is 5.63 Å². The van der Waals surface area contributed by atoms with Gasteiger partial charge < -0.3 is 4.42 Å². The smallest absolute Gasteiger partial charge is 0.339 e. The van der Waals surface area contributed by atoms with Crippen molar-refractivity contribution >= 4 is 15.9 Å². The van der Waals surface area contributed by atoms with Gasteiger partial charge in [-0.2, -0.15) is 0 Å². The van der Waals surface area contributed by atoms with Crippen LogP contribution in [0.2, 0.25) is 0 Å². The highest BCUT2D eigenvalue weighted by Gasteiger charge is 2.01. The summed E-state index contributed by atoms with van der Waals surface area (Å²) in [7, 11) is 0. The number of hydrogen-bond donors (Lipinski definition) is 0. The summed E-state index contributed by atoms with van der Waals surface area (Å²) in [5.74, 6) is 0.338. The standard InChI is InChI=1S/C10H6BrNO2/c11-8-3-1-7(2-4-8)10-12-6-5-9(13)14-10/h1-6H. The van der Waals surface area contributed by atoms with Crippen LogP contribution in [0.4, 0.5) is 0 Å². The number of benzene rings is 1. The molecule has 0 N–H and O–H groups in total. The van der Waals surface area contributed by atoms with Crippen LogP contribution in [-0.4, -0.2) is 4.98 Å². The Morgan fingerprint density at radius 2 is 1.86 bits per heavy atom. The van der Waals surface area contributed by atoms with Crippen LogP contribution >= 0.6 is 15.9 Å². The molecule has 4 heteroatoms. The molecule has 3 nitrogen and oxygen atoms in total. The van der Waals surface area contributed by atoms with Crippen molar-refractivity contribution in [1.82, 2.24) is 4.98 Å². The van der Waals surface area contributed by atoms with E-state index in [1.807, 2.05) is 24.3 Å². The van der Waals surface area contributed by atoms with Gasteiger partial charge in [-0.15, -0.1) is 0 Å². The van der Waals surface area contributed by atoms with Crippen LogP contribution in [0, 0.1) is 0 Å². The SMILES string of the molecule is O=c1ccnc(-c2ccc(Br)cc2)o1. The summed E-state index contributed by atoms with van der Waals surface area (Å²) in [4.78, 5) is 14.9. The van der Waals surface area contributed by atoms with Crippen LogP contribution in [0.5, 0.6) is 0 Å². The first-order chi connectivity index (χ1) is 6.75. The molecule has 0 spiro atoms. The summed E-state index contributed by atoms with van der Waals surface area (Å²) in [5, 5.41) is 0. The number of aromatic nitrogens is 1. The van der Waals surface area contributed by atoms with E-state index in [1.165, 1.54) is 12.3 Å². The summed E-state index contributed by atoms with van der Waals surface area (Å²) >= 11 is 3.32. The second kappa shape index (κ2) is 3.75. The van der Waals surface area contributed by atoms with Gasteiger partial charge in [0.1, 0.15) is 0 Å². The Morgan fingerprint density at radius 1 is 1.14 bits per heavy atom. The molecule has 0 bridgehead atoms. The van der Waals surface area contributed by atoms with Gasteiger partial charge in [-0.1, -0.05) is 15.9 Å². The molecule has 1 heterocycles. The van der Waals surface area contributed by atoms with Crippen LogP contribution in [0.1, 0.15) is 0 Å². The molecule has 0 atom stereocenters. The van der Waals surface area contributed by atoms with Crippen molar-refractivity contribution in [2.24, 2.45) is 0 Å². The lowest BCUT2D eigenvalue weighted by Crippen LogP contribution is -1.97. The molecular formula is C10H6BrNO2. The van der Waals surface area contributed by atoms with Gasteiger partial charge in [-0.25, -0.2) is 9.78 Å². The number of nitrogens with zero attached hydrogens (tertiary/aromatic N) is 1. The third-order valence-electron chi connectivity index (χ3n) is 1.69. The predicted octanol–water partition coefficient (Wildman–Crippen LogP) is 2.46. The van der Waals surface area contributed by atoms with Gasteiger partial charge >= 0.3 is 5.63 Å². The van der Waals surface area contributed by atoms with Crippen molar-refractivity contribution in [1.29, 1.82) is 0 Å². The summed E-state index contributed by atoms with van der Waals surface area (Å²) < 4.78 is 5.89. The molecule has 0 aliphatic rings. The van der Waals surface area contributed by atoms with Crippen molar-refractivity contribution in [2.75, 3.05) is 0 Å². The molecular weight excluding hydrogens is 246 g/mol.